The van der Waals surface area contributed by atoms with Gasteiger partial charge in [0.15, 0.2) is 5.82 Å². The third-order valence-corrected chi connectivity index (χ3v) is 12.6. The van der Waals surface area contributed by atoms with Crippen LogP contribution in [0.4, 0.5) is 5.82 Å². The first-order valence-corrected chi connectivity index (χ1v) is 19.3. The molecule has 1 aliphatic carbocycles. The lowest BCUT2D eigenvalue weighted by atomic mass is 9.91. The maximum atomic E-state index is 14.3. The van der Waals surface area contributed by atoms with Crippen LogP contribution in [0, 0.1) is 0 Å². The zero-order valence-corrected chi connectivity index (χ0v) is 30.1. The van der Waals surface area contributed by atoms with Crippen LogP contribution >= 0.6 is 11.3 Å². The molecule has 0 radical (unpaired) electrons. The molecule has 4 aliphatic rings. The van der Waals surface area contributed by atoms with Crippen molar-refractivity contribution in [3.63, 3.8) is 0 Å². The Morgan fingerprint density at radius 3 is 2.81 bits per heavy atom. The first-order chi connectivity index (χ1) is 26.0. The van der Waals surface area contributed by atoms with Crippen LogP contribution in [0.5, 0.6) is 5.75 Å². The molecule has 6 aromatic rings. The van der Waals surface area contributed by atoms with Gasteiger partial charge in [-0.2, -0.15) is 0 Å². The van der Waals surface area contributed by atoms with Gasteiger partial charge in [-0.15, -0.1) is 11.3 Å². The molecule has 53 heavy (non-hydrogen) atoms. The number of H-pyrrole nitrogens is 1. The van der Waals surface area contributed by atoms with E-state index in [0.717, 1.165) is 95.2 Å². The fourth-order valence-electron chi connectivity index (χ4n) is 8.95. The fourth-order valence-corrected chi connectivity index (χ4v) is 10.1. The number of carbonyl (C=O) groups excluding carboxylic acids is 1. The van der Waals surface area contributed by atoms with Crippen LogP contribution in [0.25, 0.3) is 31.9 Å². The lowest BCUT2D eigenvalue weighted by Gasteiger charge is -2.17. The van der Waals surface area contributed by atoms with E-state index >= 15 is 0 Å². The summed E-state index contributed by atoms with van der Waals surface area (Å²) < 4.78 is 17.4. The molecule has 11 nitrogen and oxygen atoms in total. The number of amides is 1. The van der Waals surface area contributed by atoms with Crippen molar-refractivity contribution in [2.75, 3.05) is 32.2 Å². The van der Waals surface area contributed by atoms with Gasteiger partial charge in [0.2, 0.25) is 0 Å². The normalized spacial score (nSPS) is 20.3. The second-order valence-electron chi connectivity index (χ2n) is 14.4. The van der Waals surface area contributed by atoms with Gasteiger partial charge in [-0.05, 0) is 90.8 Å². The largest absolute Gasteiger partial charge is 0.496 e. The summed E-state index contributed by atoms with van der Waals surface area (Å²) in [6.07, 6.45) is 7.83. The average molecular weight is 727 g/mol. The predicted molar refractivity (Wildman–Crippen MR) is 202 cm³/mol. The third kappa shape index (κ3) is 5.45. The van der Waals surface area contributed by atoms with Crippen LogP contribution in [0.2, 0.25) is 0 Å². The highest BCUT2D eigenvalue weighted by Crippen LogP contribution is 2.50. The minimum absolute atomic E-state index is 0.0273. The summed E-state index contributed by atoms with van der Waals surface area (Å²) in [5.74, 6) is 1.71. The van der Waals surface area contributed by atoms with E-state index in [1.165, 1.54) is 22.3 Å². The summed E-state index contributed by atoms with van der Waals surface area (Å²) >= 11 is 1.59. The first kappa shape index (κ1) is 32.3. The number of aryl methyl sites for hydroxylation is 2. The Hall–Kier alpha value is -5.33. The van der Waals surface area contributed by atoms with E-state index in [4.69, 9.17) is 24.0 Å². The SMILES string of the molecule is COc1cccc2c1CC[C@H]2Nc1nccc2cc(-c3c4c(nc(CCc5cccc(C6CCOC6)c5)c3-c3noc(=O)[nH]3)[C@H]3CCCN3C4=O)sc12. The van der Waals surface area contributed by atoms with Gasteiger partial charge >= 0.3 is 5.76 Å². The number of carbonyl (C=O) groups is 1. The minimum Gasteiger partial charge on any atom is -0.496 e. The Labute approximate surface area is 309 Å². The Morgan fingerprint density at radius 1 is 1.04 bits per heavy atom. The van der Waals surface area contributed by atoms with E-state index in [1.807, 2.05) is 29.3 Å². The molecule has 12 heteroatoms. The van der Waals surface area contributed by atoms with Crippen molar-refractivity contribution in [2.45, 2.75) is 62.9 Å². The van der Waals surface area contributed by atoms with E-state index in [-0.39, 0.29) is 23.8 Å². The molecule has 1 unspecified atom stereocenters. The van der Waals surface area contributed by atoms with Gasteiger partial charge in [0, 0.05) is 35.7 Å². The molecule has 0 spiro atoms. The number of aromatic nitrogens is 4. The molecular formula is C41H38N6O5S. The number of anilines is 1. The number of benzene rings is 2. The van der Waals surface area contributed by atoms with Crippen molar-refractivity contribution < 1.29 is 18.8 Å². The number of nitrogens with one attached hydrogen (secondary N) is 2. The molecule has 2 saturated heterocycles. The number of ether oxygens (including phenoxy) is 2. The number of hydrogen-bond donors (Lipinski definition) is 2. The predicted octanol–water partition coefficient (Wildman–Crippen LogP) is 7.39. The highest BCUT2D eigenvalue weighted by atomic mass is 32.1. The first-order valence-electron chi connectivity index (χ1n) is 18.5. The van der Waals surface area contributed by atoms with Gasteiger partial charge in [0.25, 0.3) is 5.91 Å². The van der Waals surface area contributed by atoms with Crippen molar-refractivity contribution >= 4 is 33.1 Å². The average Bonchev–Trinajstić information content (AvgIpc) is 4.04. The molecule has 2 N–H and O–H groups in total. The summed E-state index contributed by atoms with van der Waals surface area (Å²) in [6.45, 7) is 2.24. The van der Waals surface area contributed by atoms with Gasteiger partial charge in [-0.3, -0.25) is 19.3 Å². The van der Waals surface area contributed by atoms with Gasteiger partial charge in [-0.25, -0.2) is 9.78 Å². The quantitative estimate of drug-likeness (QED) is 0.156. The standard InChI is InChI=1S/C41H38N6O5S/c1-50-31-9-3-7-26-27(31)11-13-28(26)44-39-37-24(14-16-42-39)20-32(53-37)34-33(38-45-41(49)52-46-38)29(43-36-30-8-4-17-47(30)40(48)35(34)36)12-10-22-5-2-6-23(19-22)25-15-18-51-21-25/h2-3,5-7,9,14,16,19-20,25,28,30H,4,8,10-13,15,17-18,21H2,1H3,(H,42,44)(H,45,46,49)/t25?,28-,30-/m1/s1. The molecule has 0 saturated carbocycles. The maximum absolute atomic E-state index is 14.3. The van der Waals surface area contributed by atoms with Gasteiger partial charge in [0.1, 0.15) is 11.6 Å². The second kappa shape index (κ2) is 13.0. The maximum Gasteiger partial charge on any atom is 0.439 e. The van der Waals surface area contributed by atoms with E-state index in [1.54, 1.807) is 18.4 Å². The molecule has 1 amide bonds. The van der Waals surface area contributed by atoms with Crippen LogP contribution in [-0.2, 0) is 24.0 Å². The Balaban J connectivity index is 1.10. The van der Waals surface area contributed by atoms with Crippen LogP contribution in [0.3, 0.4) is 0 Å². The molecule has 3 aliphatic heterocycles. The summed E-state index contributed by atoms with van der Waals surface area (Å²) in [5, 5.41) is 8.96. The number of rotatable bonds is 9. The number of aromatic amines is 1. The topological polar surface area (TPSA) is 135 Å². The molecule has 268 valence electrons. The summed E-state index contributed by atoms with van der Waals surface area (Å²) in [4.78, 5) is 42.6. The van der Waals surface area contributed by atoms with Crippen molar-refractivity contribution in [1.82, 2.24) is 25.0 Å². The summed E-state index contributed by atoms with van der Waals surface area (Å²) in [5.41, 5.74) is 8.51. The molecule has 2 aromatic carbocycles. The smallest absolute Gasteiger partial charge is 0.439 e. The lowest BCUT2D eigenvalue weighted by molar-refractivity contribution is 0.0776. The number of fused-ring (bicyclic) bond motifs is 5. The van der Waals surface area contributed by atoms with Gasteiger partial charge < -0.3 is 19.7 Å². The molecule has 7 heterocycles. The number of nitrogens with zero attached hydrogens (tertiary/aromatic N) is 4. The molecule has 3 atom stereocenters. The zero-order chi connectivity index (χ0) is 35.6. The molecule has 2 fully saturated rings. The second-order valence-corrected chi connectivity index (χ2v) is 15.5. The Kier molecular flexibility index (Phi) is 7.90. The molecule has 4 aromatic heterocycles. The van der Waals surface area contributed by atoms with Gasteiger partial charge in [-0.1, -0.05) is 41.6 Å². The highest BCUT2D eigenvalue weighted by Gasteiger charge is 2.44. The fraction of sp³-hybridized carbons (Fsp3) is 0.341. The summed E-state index contributed by atoms with van der Waals surface area (Å²) in [7, 11) is 1.72. The van der Waals surface area contributed by atoms with Crippen molar-refractivity contribution in [3.8, 4) is 27.6 Å². The molecule has 10 rings (SSSR count). The number of thiophene rings is 1. The lowest BCUT2D eigenvalue weighted by Crippen LogP contribution is -2.22. The van der Waals surface area contributed by atoms with E-state index in [0.29, 0.717) is 30.0 Å². The highest BCUT2D eigenvalue weighted by molar-refractivity contribution is 7.23. The van der Waals surface area contributed by atoms with Crippen molar-refractivity contribution in [1.29, 1.82) is 0 Å². The molecule has 0 bridgehead atoms. The van der Waals surface area contributed by atoms with Crippen LogP contribution in [0.15, 0.2) is 70.1 Å². The monoisotopic (exact) mass is 726 g/mol. The van der Waals surface area contributed by atoms with Crippen molar-refractivity contribution in [3.05, 3.63) is 111 Å². The Morgan fingerprint density at radius 2 is 1.96 bits per heavy atom. The van der Waals surface area contributed by atoms with E-state index in [2.05, 4.69) is 51.9 Å². The third-order valence-electron chi connectivity index (χ3n) is 11.5. The zero-order valence-electron chi connectivity index (χ0n) is 29.3. The van der Waals surface area contributed by atoms with E-state index < -0.39 is 5.76 Å². The van der Waals surface area contributed by atoms with E-state index in [9.17, 15) is 9.59 Å². The number of hydrogen-bond acceptors (Lipinski definition) is 10. The van der Waals surface area contributed by atoms with Crippen LogP contribution in [-0.4, -0.2) is 57.8 Å². The van der Waals surface area contributed by atoms with Crippen molar-refractivity contribution in [2.24, 2.45) is 0 Å². The number of pyridine rings is 2. The number of methoxy groups -OCH3 is 1. The molecular weight excluding hydrogens is 689 g/mol. The minimum atomic E-state index is -0.656. The van der Waals surface area contributed by atoms with Crippen LogP contribution in [0.1, 0.15) is 87.7 Å². The van der Waals surface area contributed by atoms with Gasteiger partial charge in [0.05, 0.1) is 53.0 Å². The Bertz CT molecular complexity index is 2460. The van der Waals surface area contributed by atoms with Crippen LogP contribution < -0.4 is 15.8 Å². The summed E-state index contributed by atoms with van der Waals surface area (Å²) in [6, 6.07) is 19.1.